The molecule has 1 N–H and O–H groups in total. The zero-order valence-corrected chi connectivity index (χ0v) is 17.0. The average Bonchev–Trinajstić information content (AvgIpc) is 3.41. The van der Waals surface area contributed by atoms with Gasteiger partial charge in [0.15, 0.2) is 0 Å². The average molecular weight is 416 g/mol. The van der Waals surface area contributed by atoms with Crippen LogP contribution < -0.4 is 10.2 Å². The lowest BCUT2D eigenvalue weighted by atomic mass is 9.97. The van der Waals surface area contributed by atoms with E-state index >= 15 is 0 Å². The number of piperidine rings is 1. The van der Waals surface area contributed by atoms with Crippen LogP contribution in [0.1, 0.15) is 18.4 Å². The molecule has 1 aromatic carbocycles. The van der Waals surface area contributed by atoms with E-state index in [1.165, 1.54) is 5.56 Å². The summed E-state index contributed by atoms with van der Waals surface area (Å²) in [5.74, 6) is 0.103. The molecular weight excluding hydrogens is 394 g/mol. The Morgan fingerprint density at radius 3 is 2.71 bits per heavy atom. The highest BCUT2D eigenvalue weighted by atomic mass is 35.5. The van der Waals surface area contributed by atoms with Gasteiger partial charge in [0.05, 0.1) is 5.92 Å². The van der Waals surface area contributed by atoms with Gasteiger partial charge >= 0.3 is 0 Å². The minimum absolute atomic E-state index is 0.0158. The summed E-state index contributed by atoms with van der Waals surface area (Å²) in [4.78, 5) is 14.8. The Hall–Kier alpha value is -2.38. The van der Waals surface area contributed by atoms with Crippen molar-refractivity contribution in [1.82, 2.24) is 20.1 Å². The first-order chi connectivity index (χ1) is 13.7. The highest BCUT2D eigenvalue weighted by molar-refractivity contribution is 7.17. The Labute approximate surface area is 173 Å². The molecule has 1 saturated heterocycles. The molecule has 0 unspecified atom stereocenters. The number of rotatable bonds is 6. The quantitative estimate of drug-likeness (QED) is 0.668. The summed E-state index contributed by atoms with van der Waals surface area (Å²) in [6, 6.07) is 11.7. The van der Waals surface area contributed by atoms with E-state index in [0.717, 1.165) is 41.1 Å². The SMILES string of the molecule is O=C(NCCc1ccc(Cl)cc1)[C@@H]1CCCN(c2nnc(-n3cccc3)s2)C1. The van der Waals surface area contributed by atoms with Gasteiger partial charge in [0.1, 0.15) is 0 Å². The Bertz CT molecular complexity index is 909. The topological polar surface area (TPSA) is 63.1 Å². The fourth-order valence-electron chi connectivity index (χ4n) is 3.39. The predicted molar refractivity (Wildman–Crippen MR) is 112 cm³/mol. The normalized spacial score (nSPS) is 16.9. The molecule has 0 aliphatic carbocycles. The molecule has 1 aliphatic rings. The fourth-order valence-corrected chi connectivity index (χ4v) is 4.37. The lowest BCUT2D eigenvalue weighted by molar-refractivity contribution is -0.125. The number of hydrogen-bond donors (Lipinski definition) is 1. The van der Waals surface area contributed by atoms with Crippen LogP contribution in [0, 0.1) is 5.92 Å². The van der Waals surface area contributed by atoms with Crippen molar-refractivity contribution in [3.8, 4) is 5.13 Å². The van der Waals surface area contributed by atoms with Crippen LogP contribution in [0.5, 0.6) is 0 Å². The molecule has 1 fully saturated rings. The van der Waals surface area contributed by atoms with Crippen molar-refractivity contribution < 1.29 is 4.79 Å². The van der Waals surface area contributed by atoms with Gasteiger partial charge in [-0.1, -0.05) is 35.1 Å². The number of amides is 1. The minimum atomic E-state index is -0.0158. The molecule has 8 heteroatoms. The summed E-state index contributed by atoms with van der Waals surface area (Å²) in [7, 11) is 0. The molecule has 28 heavy (non-hydrogen) atoms. The van der Waals surface area contributed by atoms with E-state index in [0.29, 0.717) is 13.1 Å². The first-order valence-electron chi connectivity index (χ1n) is 9.43. The van der Waals surface area contributed by atoms with Gasteiger partial charge in [-0.3, -0.25) is 9.36 Å². The smallest absolute Gasteiger partial charge is 0.224 e. The summed E-state index contributed by atoms with van der Waals surface area (Å²) in [5.41, 5.74) is 1.17. The molecule has 6 nitrogen and oxygen atoms in total. The van der Waals surface area contributed by atoms with Crippen molar-refractivity contribution in [2.75, 3.05) is 24.5 Å². The molecule has 1 aliphatic heterocycles. The Morgan fingerprint density at radius 1 is 1.18 bits per heavy atom. The number of anilines is 1. The van der Waals surface area contributed by atoms with Gasteiger partial charge in [0.2, 0.25) is 16.2 Å². The molecular formula is C20H22ClN5OS. The van der Waals surface area contributed by atoms with Crippen LogP contribution in [0.25, 0.3) is 5.13 Å². The van der Waals surface area contributed by atoms with Crippen molar-refractivity contribution in [1.29, 1.82) is 0 Å². The minimum Gasteiger partial charge on any atom is -0.355 e. The van der Waals surface area contributed by atoms with Gasteiger partial charge in [-0.2, -0.15) is 0 Å². The van der Waals surface area contributed by atoms with Crippen molar-refractivity contribution in [2.45, 2.75) is 19.3 Å². The molecule has 2 aromatic heterocycles. The van der Waals surface area contributed by atoms with Gasteiger partial charge < -0.3 is 10.2 Å². The molecule has 3 heterocycles. The Morgan fingerprint density at radius 2 is 1.93 bits per heavy atom. The molecule has 0 bridgehead atoms. The predicted octanol–water partition coefficient (Wildman–Crippen LogP) is 3.56. The molecule has 0 spiro atoms. The monoisotopic (exact) mass is 415 g/mol. The molecule has 146 valence electrons. The summed E-state index contributed by atoms with van der Waals surface area (Å²) in [5, 5.41) is 14.1. The van der Waals surface area contributed by atoms with Crippen molar-refractivity contribution in [2.24, 2.45) is 5.92 Å². The second kappa shape index (κ2) is 8.75. The Kier molecular flexibility index (Phi) is 5.92. The standard InChI is InChI=1S/C20H22ClN5OS/c21-17-7-5-15(6-8-17)9-10-22-18(27)16-4-3-13-26(14-16)20-24-23-19(28-20)25-11-1-2-12-25/h1-2,5-8,11-12,16H,3-4,9-10,13-14H2,(H,22,27)/t16-/m1/s1. The van der Waals surface area contributed by atoms with Gasteiger partial charge in [-0.05, 0) is 49.1 Å². The van der Waals surface area contributed by atoms with E-state index in [1.807, 2.05) is 53.4 Å². The maximum absolute atomic E-state index is 12.6. The third-order valence-corrected chi connectivity index (χ3v) is 6.17. The van der Waals surface area contributed by atoms with E-state index in [4.69, 9.17) is 11.6 Å². The number of nitrogens with one attached hydrogen (secondary N) is 1. The van der Waals surface area contributed by atoms with E-state index in [9.17, 15) is 4.79 Å². The third-order valence-electron chi connectivity index (χ3n) is 4.92. The molecule has 3 aromatic rings. The zero-order valence-electron chi connectivity index (χ0n) is 15.4. The number of aromatic nitrogens is 3. The largest absolute Gasteiger partial charge is 0.355 e. The van der Waals surface area contributed by atoms with Gasteiger partial charge in [0.25, 0.3) is 0 Å². The van der Waals surface area contributed by atoms with E-state index in [1.54, 1.807) is 11.3 Å². The van der Waals surface area contributed by atoms with Crippen LogP contribution in [0.4, 0.5) is 5.13 Å². The van der Waals surface area contributed by atoms with Crippen LogP contribution in [0.2, 0.25) is 5.02 Å². The Balaban J connectivity index is 1.30. The second-order valence-electron chi connectivity index (χ2n) is 6.91. The maximum atomic E-state index is 12.6. The summed E-state index contributed by atoms with van der Waals surface area (Å²) < 4.78 is 1.95. The highest BCUT2D eigenvalue weighted by Crippen LogP contribution is 2.27. The number of nitrogens with zero attached hydrogens (tertiary/aromatic N) is 4. The van der Waals surface area contributed by atoms with E-state index in [-0.39, 0.29) is 11.8 Å². The highest BCUT2D eigenvalue weighted by Gasteiger charge is 2.27. The third kappa shape index (κ3) is 4.54. The molecule has 0 saturated carbocycles. The number of benzene rings is 1. The van der Waals surface area contributed by atoms with Crippen LogP contribution in [-0.2, 0) is 11.2 Å². The van der Waals surface area contributed by atoms with E-state index in [2.05, 4.69) is 20.4 Å². The van der Waals surface area contributed by atoms with Gasteiger partial charge in [-0.15, -0.1) is 10.2 Å². The molecule has 4 rings (SSSR count). The number of halogens is 1. The van der Waals surface area contributed by atoms with Crippen LogP contribution in [0.15, 0.2) is 48.8 Å². The van der Waals surface area contributed by atoms with Gasteiger partial charge in [-0.25, -0.2) is 0 Å². The first kappa shape index (κ1) is 19.0. The van der Waals surface area contributed by atoms with Gasteiger partial charge in [0, 0.05) is 37.1 Å². The number of carbonyl (C=O) groups is 1. The summed E-state index contributed by atoms with van der Waals surface area (Å²) in [6.07, 6.45) is 6.60. The zero-order chi connectivity index (χ0) is 19.3. The van der Waals surface area contributed by atoms with Crippen LogP contribution in [-0.4, -0.2) is 40.3 Å². The molecule has 0 radical (unpaired) electrons. The van der Waals surface area contributed by atoms with Crippen molar-refractivity contribution in [3.63, 3.8) is 0 Å². The second-order valence-corrected chi connectivity index (χ2v) is 8.28. The molecule has 1 atom stereocenters. The number of hydrogen-bond acceptors (Lipinski definition) is 5. The summed E-state index contributed by atoms with van der Waals surface area (Å²) >= 11 is 7.46. The summed E-state index contributed by atoms with van der Waals surface area (Å²) in [6.45, 7) is 2.23. The molecule has 1 amide bonds. The van der Waals surface area contributed by atoms with E-state index < -0.39 is 0 Å². The fraction of sp³-hybridized carbons (Fsp3) is 0.350. The van der Waals surface area contributed by atoms with Crippen molar-refractivity contribution in [3.05, 3.63) is 59.4 Å². The van der Waals surface area contributed by atoms with Crippen LogP contribution >= 0.6 is 22.9 Å². The lowest BCUT2D eigenvalue weighted by Crippen LogP contribution is -2.43. The lowest BCUT2D eigenvalue weighted by Gasteiger charge is -2.31. The number of carbonyl (C=O) groups excluding carboxylic acids is 1. The van der Waals surface area contributed by atoms with Crippen molar-refractivity contribution >= 4 is 34.0 Å². The first-order valence-corrected chi connectivity index (χ1v) is 10.6. The van der Waals surface area contributed by atoms with Crippen LogP contribution in [0.3, 0.4) is 0 Å². The maximum Gasteiger partial charge on any atom is 0.224 e.